The van der Waals surface area contributed by atoms with Crippen molar-refractivity contribution in [3.05, 3.63) is 60.2 Å². The van der Waals surface area contributed by atoms with Crippen LogP contribution in [0, 0.1) is 0 Å². The number of carbonyl (C=O) groups excluding carboxylic acids is 1. The van der Waals surface area contributed by atoms with Gasteiger partial charge in [0.25, 0.3) is 0 Å². The molecule has 126 valence electrons. The van der Waals surface area contributed by atoms with Gasteiger partial charge in [-0.05, 0) is 17.7 Å². The molecule has 1 heterocycles. The first-order valence-corrected chi connectivity index (χ1v) is 8.04. The second kappa shape index (κ2) is 7.47. The molecule has 0 saturated heterocycles. The minimum Gasteiger partial charge on any atom is -0.489 e. The largest absolute Gasteiger partial charge is 0.489 e. The standard InChI is InChI=1S/C19H22N2O3/c1-23-15-12-21(17-9-5-6-10-18(17)24-13-15)19(22)11-16(20)14-7-3-2-4-8-14/h2-10,15-16H,11-13,20H2,1H3/t15?,16-/m0/s1. The summed E-state index contributed by atoms with van der Waals surface area (Å²) in [5.74, 6) is 0.657. The summed E-state index contributed by atoms with van der Waals surface area (Å²) >= 11 is 0. The highest BCUT2D eigenvalue weighted by atomic mass is 16.5. The summed E-state index contributed by atoms with van der Waals surface area (Å²) in [6.07, 6.45) is 0.0590. The summed E-state index contributed by atoms with van der Waals surface area (Å²) < 4.78 is 11.2. The molecule has 5 nitrogen and oxygen atoms in total. The van der Waals surface area contributed by atoms with Gasteiger partial charge in [-0.2, -0.15) is 0 Å². The van der Waals surface area contributed by atoms with Gasteiger partial charge in [-0.25, -0.2) is 0 Å². The fourth-order valence-electron chi connectivity index (χ4n) is 2.83. The normalized spacial score (nSPS) is 18.2. The molecular formula is C19H22N2O3. The summed E-state index contributed by atoms with van der Waals surface area (Å²) in [5.41, 5.74) is 7.94. The molecule has 24 heavy (non-hydrogen) atoms. The van der Waals surface area contributed by atoms with Crippen LogP contribution < -0.4 is 15.4 Å². The van der Waals surface area contributed by atoms with E-state index in [0.717, 1.165) is 11.3 Å². The number of nitrogens with zero attached hydrogens (tertiary/aromatic N) is 1. The molecule has 2 N–H and O–H groups in total. The van der Waals surface area contributed by atoms with Gasteiger partial charge in [-0.3, -0.25) is 4.79 Å². The highest BCUT2D eigenvalue weighted by Crippen LogP contribution is 2.32. The molecule has 0 spiro atoms. The molecule has 1 amide bonds. The molecule has 0 aliphatic carbocycles. The molecule has 2 atom stereocenters. The lowest BCUT2D eigenvalue weighted by atomic mass is 10.0. The third-order valence-electron chi connectivity index (χ3n) is 4.22. The van der Waals surface area contributed by atoms with Crippen LogP contribution in [-0.2, 0) is 9.53 Å². The Morgan fingerprint density at radius 2 is 1.96 bits per heavy atom. The maximum absolute atomic E-state index is 12.9. The molecule has 1 unspecified atom stereocenters. The molecule has 1 aliphatic heterocycles. The van der Waals surface area contributed by atoms with Gasteiger partial charge in [0.05, 0.1) is 12.2 Å². The minimum atomic E-state index is -0.337. The van der Waals surface area contributed by atoms with Crippen LogP contribution in [0.3, 0.4) is 0 Å². The monoisotopic (exact) mass is 326 g/mol. The average Bonchev–Trinajstić information content (AvgIpc) is 2.82. The van der Waals surface area contributed by atoms with Crippen LogP contribution in [0.15, 0.2) is 54.6 Å². The lowest BCUT2D eigenvalue weighted by molar-refractivity contribution is -0.119. The van der Waals surface area contributed by atoms with Gasteiger partial charge in [0.1, 0.15) is 18.5 Å². The molecule has 3 rings (SSSR count). The number of hydrogen-bond donors (Lipinski definition) is 1. The molecule has 1 aliphatic rings. The zero-order valence-corrected chi connectivity index (χ0v) is 13.7. The van der Waals surface area contributed by atoms with Gasteiger partial charge in [-0.15, -0.1) is 0 Å². The predicted octanol–water partition coefficient (Wildman–Crippen LogP) is 2.52. The van der Waals surface area contributed by atoms with Crippen molar-refractivity contribution in [2.24, 2.45) is 5.73 Å². The Morgan fingerprint density at radius 1 is 1.25 bits per heavy atom. The van der Waals surface area contributed by atoms with E-state index in [9.17, 15) is 4.79 Å². The number of anilines is 1. The molecule has 0 bridgehead atoms. The number of hydrogen-bond acceptors (Lipinski definition) is 4. The summed E-state index contributed by atoms with van der Waals surface area (Å²) in [5, 5.41) is 0. The summed E-state index contributed by atoms with van der Waals surface area (Å²) in [6.45, 7) is 0.871. The smallest absolute Gasteiger partial charge is 0.229 e. The third-order valence-corrected chi connectivity index (χ3v) is 4.22. The zero-order chi connectivity index (χ0) is 16.9. The zero-order valence-electron chi connectivity index (χ0n) is 13.7. The van der Waals surface area contributed by atoms with E-state index in [1.807, 2.05) is 54.6 Å². The van der Waals surface area contributed by atoms with Crippen LogP contribution >= 0.6 is 0 Å². The Bertz CT molecular complexity index is 690. The van der Waals surface area contributed by atoms with E-state index in [2.05, 4.69) is 0 Å². The van der Waals surface area contributed by atoms with Crippen molar-refractivity contribution in [1.82, 2.24) is 0 Å². The number of methoxy groups -OCH3 is 1. The van der Waals surface area contributed by atoms with Crippen molar-refractivity contribution in [2.75, 3.05) is 25.2 Å². The van der Waals surface area contributed by atoms with Crippen molar-refractivity contribution in [2.45, 2.75) is 18.6 Å². The summed E-state index contributed by atoms with van der Waals surface area (Å²) in [4.78, 5) is 14.6. The van der Waals surface area contributed by atoms with Crippen LogP contribution in [0.25, 0.3) is 0 Å². The first-order valence-electron chi connectivity index (χ1n) is 8.04. The first-order chi connectivity index (χ1) is 11.7. The maximum atomic E-state index is 12.9. The number of rotatable bonds is 4. The Hall–Kier alpha value is -2.37. The van der Waals surface area contributed by atoms with E-state index >= 15 is 0 Å². The third kappa shape index (κ3) is 3.58. The Kier molecular flexibility index (Phi) is 5.13. The number of para-hydroxylation sites is 2. The summed E-state index contributed by atoms with van der Waals surface area (Å²) in [7, 11) is 1.63. The molecule has 0 radical (unpaired) electrons. The average molecular weight is 326 g/mol. The number of ether oxygens (including phenoxy) is 2. The van der Waals surface area contributed by atoms with E-state index in [1.54, 1.807) is 12.0 Å². The van der Waals surface area contributed by atoms with Crippen LogP contribution in [0.2, 0.25) is 0 Å². The lowest BCUT2D eigenvalue weighted by Crippen LogP contribution is -2.39. The van der Waals surface area contributed by atoms with Crippen molar-refractivity contribution in [3.8, 4) is 5.75 Å². The number of benzene rings is 2. The van der Waals surface area contributed by atoms with Gasteiger partial charge in [0, 0.05) is 19.6 Å². The van der Waals surface area contributed by atoms with E-state index in [-0.39, 0.29) is 24.5 Å². The predicted molar refractivity (Wildman–Crippen MR) is 93.1 cm³/mol. The Morgan fingerprint density at radius 3 is 2.71 bits per heavy atom. The number of fused-ring (bicyclic) bond motifs is 1. The van der Waals surface area contributed by atoms with Crippen LogP contribution in [0.4, 0.5) is 5.69 Å². The van der Waals surface area contributed by atoms with Gasteiger partial charge in [0.2, 0.25) is 5.91 Å². The lowest BCUT2D eigenvalue weighted by Gasteiger charge is -2.25. The molecule has 0 fully saturated rings. The number of amides is 1. The quantitative estimate of drug-likeness (QED) is 0.937. The fourth-order valence-corrected chi connectivity index (χ4v) is 2.83. The molecule has 2 aromatic carbocycles. The van der Waals surface area contributed by atoms with E-state index < -0.39 is 0 Å². The van der Waals surface area contributed by atoms with Crippen LogP contribution in [0.1, 0.15) is 18.0 Å². The minimum absolute atomic E-state index is 0.0358. The highest BCUT2D eigenvalue weighted by molar-refractivity contribution is 5.95. The Labute approximate surface area is 142 Å². The Balaban J connectivity index is 1.81. The number of carbonyl (C=O) groups is 1. The highest BCUT2D eigenvalue weighted by Gasteiger charge is 2.28. The molecule has 5 heteroatoms. The molecule has 0 saturated carbocycles. The number of nitrogens with two attached hydrogens (primary N) is 1. The van der Waals surface area contributed by atoms with E-state index in [0.29, 0.717) is 18.9 Å². The second-order valence-corrected chi connectivity index (χ2v) is 5.86. The van der Waals surface area contributed by atoms with Crippen molar-refractivity contribution in [3.63, 3.8) is 0 Å². The molecule has 2 aromatic rings. The van der Waals surface area contributed by atoms with Gasteiger partial charge < -0.3 is 20.1 Å². The van der Waals surface area contributed by atoms with E-state index in [1.165, 1.54) is 0 Å². The molecule has 0 aromatic heterocycles. The van der Waals surface area contributed by atoms with Gasteiger partial charge in [-0.1, -0.05) is 42.5 Å². The van der Waals surface area contributed by atoms with Crippen LogP contribution in [-0.4, -0.2) is 32.3 Å². The van der Waals surface area contributed by atoms with E-state index in [4.69, 9.17) is 15.2 Å². The first kappa shape index (κ1) is 16.5. The second-order valence-electron chi connectivity index (χ2n) is 5.86. The van der Waals surface area contributed by atoms with Crippen molar-refractivity contribution < 1.29 is 14.3 Å². The van der Waals surface area contributed by atoms with Crippen molar-refractivity contribution >= 4 is 11.6 Å². The molecular weight excluding hydrogens is 304 g/mol. The van der Waals surface area contributed by atoms with Crippen molar-refractivity contribution in [1.29, 1.82) is 0 Å². The topological polar surface area (TPSA) is 64.8 Å². The van der Waals surface area contributed by atoms with Gasteiger partial charge in [0.15, 0.2) is 0 Å². The van der Waals surface area contributed by atoms with Crippen LogP contribution in [0.5, 0.6) is 5.75 Å². The van der Waals surface area contributed by atoms with Gasteiger partial charge >= 0.3 is 0 Å². The maximum Gasteiger partial charge on any atom is 0.229 e. The summed E-state index contributed by atoms with van der Waals surface area (Å²) in [6, 6.07) is 16.9. The SMILES string of the molecule is COC1COc2ccccc2N(C(=O)C[C@H](N)c2ccccc2)C1. The fraction of sp³-hybridized carbons (Fsp3) is 0.316.